The molecule has 7 rings (SSSR count). The van der Waals surface area contributed by atoms with Crippen LogP contribution >= 0.6 is 0 Å². The highest BCUT2D eigenvalue weighted by molar-refractivity contribution is 5.93. The molecule has 2 aromatic rings. The van der Waals surface area contributed by atoms with Gasteiger partial charge in [0, 0.05) is 25.0 Å². The third-order valence-electron chi connectivity index (χ3n) is 10.4. The second kappa shape index (κ2) is 8.29. The van der Waals surface area contributed by atoms with Crippen LogP contribution in [0.15, 0.2) is 29.1 Å². The summed E-state index contributed by atoms with van der Waals surface area (Å²) in [6.45, 7) is 7.68. The fourth-order valence-corrected chi connectivity index (χ4v) is 8.39. The standard InChI is InChI=1S/C29H39N3O2/c1-18(33)27-28(34)32(26-10-5-4-9-25(26)30-27)23-16-21-7-6-8-22(17-23)31(21)14-13-19-11-12-20-15-24(19)29(20,2)3/h4-5,9-10,19-24H,6-8,11-17H2,1-3H3/t19-,20-,21-,22+,23?,24-/m0/s1. The number of benzene rings is 1. The van der Waals surface area contributed by atoms with Crippen molar-refractivity contribution in [2.45, 2.75) is 96.7 Å². The Morgan fingerprint density at radius 3 is 2.44 bits per heavy atom. The van der Waals surface area contributed by atoms with Gasteiger partial charge in [-0.3, -0.25) is 14.5 Å². The normalized spacial score (nSPS) is 34.6. The van der Waals surface area contributed by atoms with E-state index < -0.39 is 0 Å². The van der Waals surface area contributed by atoms with Crippen molar-refractivity contribution in [3.8, 4) is 0 Å². The molecule has 0 N–H and O–H groups in total. The van der Waals surface area contributed by atoms with Crippen LogP contribution in [0.5, 0.6) is 0 Å². The molecular weight excluding hydrogens is 422 g/mol. The van der Waals surface area contributed by atoms with E-state index in [0.29, 0.717) is 17.5 Å². The van der Waals surface area contributed by atoms with Gasteiger partial charge < -0.3 is 4.57 Å². The van der Waals surface area contributed by atoms with Crippen LogP contribution < -0.4 is 5.56 Å². The van der Waals surface area contributed by atoms with Crippen LogP contribution in [-0.4, -0.2) is 38.9 Å². The van der Waals surface area contributed by atoms with Gasteiger partial charge in [0.15, 0.2) is 11.5 Å². The summed E-state index contributed by atoms with van der Waals surface area (Å²) in [5.41, 5.74) is 2.07. The highest BCUT2D eigenvalue weighted by atomic mass is 16.1. The van der Waals surface area contributed by atoms with Crippen LogP contribution in [0.1, 0.15) is 95.1 Å². The highest BCUT2D eigenvalue weighted by Crippen LogP contribution is 2.62. The molecule has 6 atom stereocenters. The zero-order chi connectivity index (χ0) is 23.6. The maximum absolute atomic E-state index is 13.4. The van der Waals surface area contributed by atoms with E-state index in [4.69, 9.17) is 0 Å². The average Bonchev–Trinajstić information content (AvgIpc) is 2.81. The molecule has 1 unspecified atom stereocenters. The van der Waals surface area contributed by atoms with Crippen molar-refractivity contribution >= 4 is 16.8 Å². The number of carbonyl (C=O) groups is 1. The predicted octanol–water partition coefficient (Wildman–Crippen LogP) is 5.62. The largest absolute Gasteiger partial charge is 0.302 e. The molecule has 0 amide bonds. The monoisotopic (exact) mass is 461 g/mol. The third-order valence-corrected chi connectivity index (χ3v) is 10.4. The molecule has 1 aromatic carbocycles. The summed E-state index contributed by atoms with van der Waals surface area (Å²) in [5, 5.41) is 0. The molecule has 5 heteroatoms. The first-order valence-corrected chi connectivity index (χ1v) is 13.6. The fourth-order valence-electron chi connectivity index (χ4n) is 8.39. The topological polar surface area (TPSA) is 55.2 Å². The van der Waals surface area contributed by atoms with E-state index in [1.165, 1.54) is 58.4 Å². The lowest BCUT2D eigenvalue weighted by molar-refractivity contribution is -0.111. The van der Waals surface area contributed by atoms with Gasteiger partial charge in [-0.25, -0.2) is 4.98 Å². The van der Waals surface area contributed by atoms with Crippen LogP contribution in [0.3, 0.4) is 0 Å². The van der Waals surface area contributed by atoms with Gasteiger partial charge >= 0.3 is 0 Å². The minimum absolute atomic E-state index is 0.0880. The van der Waals surface area contributed by atoms with Crippen molar-refractivity contribution in [2.24, 2.45) is 23.2 Å². The number of Topliss-reactive ketones (excluding diaryl/α,β-unsaturated/α-hetero) is 1. The first-order valence-electron chi connectivity index (χ1n) is 13.6. The first kappa shape index (κ1) is 22.5. The second-order valence-corrected chi connectivity index (χ2v) is 12.3. The molecule has 3 heterocycles. The van der Waals surface area contributed by atoms with E-state index >= 15 is 0 Å². The molecule has 2 aliphatic heterocycles. The maximum Gasteiger partial charge on any atom is 0.280 e. The molecule has 1 aromatic heterocycles. The van der Waals surface area contributed by atoms with Gasteiger partial charge in [-0.05, 0) is 93.2 Å². The molecule has 2 saturated heterocycles. The molecule has 5 aliphatic rings. The molecule has 0 radical (unpaired) electrons. The van der Waals surface area contributed by atoms with Crippen molar-refractivity contribution < 1.29 is 4.79 Å². The zero-order valence-corrected chi connectivity index (χ0v) is 21.0. The fraction of sp³-hybridized carbons (Fsp3) is 0.690. The molecule has 5 fully saturated rings. The molecular formula is C29H39N3O2. The van der Waals surface area contributed by atoms with Gasteiger partial charge in [-0.1, -0.05) is 32.4 Å². The van der Waals surface area contributed by atoms with Crippen molar-refractivity contribution in [3.63, 3.8) is 0 Å². The van der Waals surface area contributed by atoms with Crippen molar-refractivity contribution in [1.29, 1.82) is 0 Å². The minimum Gasteiger partial charge on any atom is -0.302 e. The van der Waals surface area contributed by atoms with Crippen LogP contribution in [0.25, 0.3) is 11.0 Å². The third kappa shape index (κ3) is 3.49. The maximum atomic E-state index is 13.4. The Hall–Kier alpha value is -2.01. The second-order valence-electron chi connectivity index (χ2n) is 12.3. The van der Waals surface area contributed by atoms with Crippen LogP contribution in [0.2, 0.25) is 0 Å². The number of carbonyl (C=O) groups excluding carboxylic acids is 1. The molecule has 34 heavy (non-hydrogen) atoms. The van der Waals surface area contributed by atoms with Gasteiger partial charge in [0.1, 0.15) is 0 Å². The number of fused-ring (bicyclic) bond motifs is 5. The van der Waals surface area contributed by atoms with Gasteiger partial charge in [-0.15, -0.1) is 0 Å². The summed E-state index contributed by atoms with van der Waals surface area (Å²) < 4.78 is 1.93. The molecule has 0 spiro atoms. The summed E-state index contributed by atoms with van der Waals surface area (Å²) in [6.07, 6.45) is 11.4. The molecule has 182 valence electrons. The molecule has 3 aliphatic carbocycles. The Bertz CT molecular complexity index is 1150. The van der Waals surface area contributed by atoms with Gasteiger partial charge in [0.2, 0.25) is 0 Å². The lowest BCUT2D eigenvalue weighted by atomic mass is 9.45. The van der Waals surface area contributed by atoms with Crippen molar-refractivity contribution in [2.75, 3.05) is 6.54 Å². The lowest BCUT2D eigenvalue weighted by Crippen LogP contribution is -2.55. The van der Waals surface area contributed by atoms with Crippen LogP contribution in [0.4, 0.5) is 0 Å². The number of nitrogens with zero attached hydrogens (tertiary/aromatic N) is 3. The SMILES string of the molecule is CC(=O)c1nc2ccccc2n(C2C[C@H]3CCC[C@@H](C2)N3CC[C@@H]2CC[C@H]3C[C@@H]2C3(C)C)c1=O. The summed E-state index contributed by atoms with van der Waals surface area (Å²) >= 11 is 0. The van der Waals surface area contributed by atoms with Crippen LogP contribution in [0, 0.1) is 23.2 Å². The van der Waals surface area contributed by atoms with E-state index in [1.54, 1.807) is 0 Å². The predicted molar refractivity (Wildman–Crippen MR) is 135 cm³/mol. The Kier molecular flexibility index (Phi) is 5.47. The first-order chi connectivity index (χ1) is 16.3. The molecule has 5 nitrogen and oxygen atoms in total. The van der Waals surface area contributed by atoms with E-state index in [9.17, 15) is 9.59 Å². The van der Waals surface area contributed by atoms with E-state index in [1.807, 2.05) is 28.8 Å². The van der Waals surface area contributed by atoms with E-state index in [2.05, 4.69) is 23.7 Å². The van der Waals surface area contributed by atoms with Crippen LogP contribution in [-0.2, 0) is 0 Å². The van der Waals surface area contributed by atoms with Gasteiger partial charge in [0.25, 0.3) is 5.56 Å². The minimum atomic E-state index is -0.240. The summed E-state index contributed by atoms with van der Waals surface area (Å²) in [7, 11) is 0. The number of para-hydroxylation sites is 2. The quantitative estimate of drug-likeness (QED) is 0.542. The Morgan fingerprint density at radius 1 is 1.03 bits per heavy atom. The number of hydrogen-bond acceptors (Lipinski definition) is 4. The van der Waals surface area contributed by atoms with Crippen molar-refractivity contribution in [1.82, 2.24) is 14.5 Å². The lowest BCUT2D eigenvalue weighted by Gasteiger charge is -2.60. The summed E-state index contributed by atoms with van der Waals surface area (Å²) in [5.74, 6) is 2.55. The Morgan fingerprint density at radius 2 is 1.76 bits per heavy atom. The smallest absolute Gasteiger partial charge is 0.280 e. The number of piperidine rings is 2. The average molecular weight is 462 g/mol. The van der Waals surface area contributed by atoms with E-state index in [0.717, 1.165) is 41.6 Å². The number of aromatic nitrogens is 2. The van der Waals surface area contributed by atoms with Crippen molar-refractivity contribution in [3.05, 3.63) is 40.3 Å². The Balaban J connectivity index is 1.24. The number of hydrogen-bond donors (Lipinski definition) is 0. The summed E-state index contributed by atoms with van der Waals surface area (Å²) in [6, 6.07) is 9.05. The molecule has 4 bridgehead atoms. The number of rotatable bonds is 5. The highest BCUT2D eigenvalue weighted by Gasteiger charge is 2.54. The number of ketones is 1. The zero-order valence-electron chi connectivity index (χ0n) is 21.0. The summed E-state index contributed by atoms with van der Waals surface area (Å²) in [4.78, 5) is 32.9. The van der Waals surface area contributed by atoms with Gasteiger partial charge in [-0.2, -0.15) is 0 Å². The molecule has 3 saturated carbocycles. The van der Waals surface area contributed by atoms with Gasteiger partial charge in [0.05, 0.1) is 11.0 Å². The Labute approximate surface area is 202 Å². The van der Waals surface area contributed by atoms with E-state index in [-0.39, 0.29) is 23.1 Å².